The number of nitrogens with zero attached hydrogens (tertiary/aromatic N) is 1. The summed E-state index contributed by atoms with van der Waals surface area (Å²) in [6.07, 6.45) is 0.807. The predicted octanol–water partition coefficient (Wildman–Crippen LogP) is 5.32. The third-order valence-electron chi connectivity index (χ3n) is 3.60. The van der Waals surface area contributed by atoms with Crippen molar-refractivity contribution in [3.05, 3.63) is 47.3 Å². The molecule has 0 amide bonds. The van der Waals surface area contributed by atoms with E-state index >= 15 is 0 Å². The zero-order valence-corrected chi connectivity index (χ0v) is 13.6. The molecule has 1 aliphatic rings. The molecule has 5 heteroatoms. The minimum atomic E-state index is -0.621. The number of oxazole rings is 1. The van der Waals surface area contributed by atoms with E-state index in [2.05, 4.69) is 17.1 Å². The summed E-state index contributed by atoms with van der Waals surface area (Å²) in [5.74, 6) is 1.09. The van der Waals surface area contributed by atoms with E-state index in [1.165, 1.54) is 5.56 Å². The van der Waals surface area contributed by atoms with E-state index < -0.39 is 4.33 Å². The van der Waals surface area contributed by atoms with Crippen molar-refractivity contribution in [1.82, 2.24) is 4.98 Å². The van der Waals surface area contributed by atoms with E-state index in [-0.39, 0.29) is 11.2 Å². The van der Waals surface area contributed by atoms with E-state index in [0.717, 1.165) is 17.9 Å². The Hall–Kier alpha value is -0.640. The van der Waals surface area contributed by atoms with E-state index in [4.69, 9.17) is 27.6 Å². The normalized spacial score (nSPS) is 21.7. The Bertz CT molecular complexity index is 592. The molecule has 3 rings (SSSR count). The Morgan fingerprint density at radius 2 is 1.95 bits per heavy atom. The maximum Gasteiger partial charge on any atom is 0.256 e. The minimum absolute atomic E-state index is 0.170. The van der Waals surface area contributed by atoms with Gasteiger partial charge in [0.2, 0.25) is 0 Å². The molecule has 1 aliphatic carbocycles. The van der Waals surface area contributed by atoms with Gasteiger partial charge in [-0.15, -0.1) is 23.2 Å². The maximum absolute atomic E-state index is 6.26. The lowest BCUT2D eigenvalue weighted by molar-refractivity contribution is 0.429. The number of halogens is 2. The highest BCUT2D eigenvalue weighted by atomic mass is 35.5. The van der Waals surface area contributed by atoms with Crippen molar-refractivity contribution in [2.24, 2.45) is 5.92 Å². The maximum atomic E-state index is 6.26. The van der Waals surface area contributed by atoms with Crippen molar-refractivity contribution >= 4 is 35.0 Å². The van der Waals surface area contributed by atoms with Crippen LogP contribution in [0, 0.1) is 19.8 Å². The van der Waals surface area contributed by atoms with Gasteiger partial charge >= 0.3 is 0 Å². The fourth-order valence-corrected chi connectivity index (χ4v) is 4.29. The molecule has 106 valence electrons. The second-order valence-corrected chi connectivity index (χ2v) is 7.78. The summed E-state index contributed by atoms with van der Waals surface area (Å²) in [7, 11) is 0. The van der Waals surface area contributed by atoms with Gasteiger partial charge in [-0.3, -0.25) is 0 Å². The van der Waals surface area contributed by atoms with Crippen LogP contribution >= 0.6 is 35.0 Å². The molecule has 2 atom stereocenters. The smallest absolute Gasteiger partial charge is 0.256 e. The fraction of sp³-hybridized carbons (Fsp3) is 0.400. The number of hydrogen-bond donors (Lipinski definition) is 0. The molecule has 0 spiro atoms. The van der Waals surface area contributed by atoms with Crippen LogP contribution in [0.5, 0.6) is 0 Å². The highest BCUT2D eigenvalue weighted by molar-refractivity contribution is 7.99. The molecule has 1 saturated carbocycles. The van der Waals surface area contributed by atoms with Crippen LogP contribution in [0.4, 0.5) is 0 Å². The van der Waals surface area contributed by atoms with E-state index in [0.29, 0.717) is 5.22 Å². The zero-order chi connectivity index (χ0) is 14.3. The fourth-order valence-electron chi connectivity index (χ4n) is 2.19. The summed E-state index contributed by atoms with van der Waals surface area (Å²) >= 11 is 14.1. The van der Waals surface area contributed by atoms with E-state index in [1.807, 2.05) is 32.0 Å². The highest BCUT2D eigenvalue weighted by Crippen LogP contribution is 2.63. The molecule has 1 aromatic carbocycles. The molecule has 0 radical (unpaired) electrons. The summed E-state index contributed by atoms with van der Waals surface area (Å²) < 4.78 is 5.06. The van der Waals surface area contributed by atoms with E-state index in [1.54, 1.807) is 11.8 Å². The van der Waals surface area contributed by atoms with Crippen molar-refractivity contribution in [1.29, 1.82) is 0 Å². The lowest BCUT2D eigenvalue weighted by Gasteiger charge is -2.15. The molecule has 2 unspecified atom stereocenters. The Morgan fingerprint density at radius 3 is 2.45 bits per heavy atom. The van der Waals surface area contributed by atoms with Crippen LogP contribution in [0.3, 0.4) is 0 Å². The minimum Gasteiger partial charge on any atom is -0.437 e. The van der Waals surface area contributed by atoms with Crippen LogP contribution < -0.4 is 0 Å². The summed E-state index contributed by atoms with van der Waals surface area (Å²) in [5, 5.41) is 0.855. The number of aromatic nitrogens is 1. The van der Waals surface area contributed by atoms with Gasteiger partial charge in [0.1, 0.15) is 10.1 Å². The number of aryl methyl sites for hydroxylation is 2. The van der Waals surface area contributed by atoms with Gasteiger partial charge in [0, 0.05) is 11.2 Å². The monoisotopic (exact) mass is 327 g/mol. The largest absolute Gasteiger partial charge is 0.437 e. The second kappa shape index (κ2) is 5.28. The second-order valence-electron chi connectivity index (χ2n) is 5.14. The topological polar surface area (TPSA) is 26.0 Å². The van der Waals surface area contributed by atoms with Crippen LogP contribution in [0.25, 0.3) is 0 Å². The van der Waals surface area contributed by atoms with Gasteiger partial charge in [-0.05, 0) is 25.8 Å². The number of thioether (sulfide) groups is 1. The molecular weight excluding hydrogens is 313 g/mol. The standard InChI is InChI=1S/C15H15Cl2NOS/c1-9-10(2)19-14(18-9)20-13(12-8-15(12,16)17)11-6-4-3-5-7-11/h3-7,12-13H,8H2,1-2H3. The van der Waals surface area contributed by atoms with Crippen molar-refractivity contribution in [2.45, 2.75) is 35.1 Å². The van der Waals surface area contributed by atoms with Crippen molar-refractivity contribution in [2.75, 3.05) is 0 Å². The van der Waals surface area contributed by atoms with Crippen molar-refractivity contribution in [3.8, 4) is 0 Å². The molecule has 1 heterocycles. The molecule has 2 nitrogen and oxygen atoms in total. The quantitative estimate of drug-likeness (QED) is 0.561. The van der Waals surface area contributed by atoms with Gasteiger partial charge in [-0.25, -0.2) is 4.98 Å². The molecule has 0 bridgehead atoms. The third-order valence-corrected chi connectivity index (χ3v) is 5.70. The first-order chi connectivity index (χ1) is 9.47. The molecule has 2 aromatic rings. The van der Waals surface area contributed by atoms with Gasteiger partial charge in [0.25, 0.3) is 5.22 Å². The Balaban J connectivity index is 1.87. The average Bonchev–Trinajstić information content (AvgIpc) is 2.92. The van der Waals surface area contributed by atoms with Crippen LogP contribution in [-0.4, -0.2) is 9.32 Å². The van der Waals surface area contributed by atoms with E-state index in [9.17, 15) is 0 Å². The number of benzene rings is 1. The zero-order valence-electron chi connectivity index (χ0n) is 11.3. The highest BCUT2D eigenvalue weighted by Gasteiger charge is 2.56. The van der Waals surface area contributed by atoms with Crippen molar-refractivity contribution in [3.63, 3.8) is 0 Å². The van der Waals surface area contributed by atoms with Gasteiger partial charge in [0.05, 0.1) is 5.69 Å². The summed E-state index contributed by atoms with van der Waals surface area (Å²) in [4.78, 5) is 4.44. The Morgan fingerprint density at radius 1 is 1.30 bits per heavy atom. The van der Waals surface area contributed by atoms with Gasteiger partial charge in [-0.1, -0.05) is 42.1 Å². The Labute approximate surface area is 132 Å². The lowest BCUT2D eigenvalue weighted by atomic mass is 10.1. The van der Waals surface area contributed by atoms with Gasteiger partial charge in [0.15, 0.2) is 0 Å². The number of rotatable bonds is 4. The molecular formula is C15H15Cl2NOS. The predicted molar refractivity (Wildman–Crippen MR) is 83.6 cm³/mol. The summed E-state index contributed by atoms with van der Waals surface area (Å²) in [5.41, 5.74) is 2.14. The lowest BCUT2D eigenvalue weighted by Crippen LogP contribution is -2.02. The first-order valence-electron chi connectivity index (χ1n) is 6.51. The first-order valence-corrected chi connectivity index (χ1v) is 8.14. The number of alkyl halides is 2. The van der Waals surface area contributed by atoms with Crippen LogP contribution in [0.1, 0.15) is 28.7 Å². The van der Waals surface area contributed by atoms with Gasteiger partial charge < -0.3 is 4.42 Å². The molecule has 0 saturated heterocycles. The van der Waals surface area contributed by atoms with Crippen molar-refractivity contribution < 1.29 is 4.42 Å². The Kier molecular flexibility index (Phi) is 3.78. The van der Waals surface area contributed by atoms with Gasteiger partial charge in [-0.2, -0.15) is 0 Å². The molecule has 1 fully saturated rings. The van der Waals surface area contributed by atoms with Crippen LogP contribution in [0.2, 0.25) is 0 Å². The average molecular weight is 328 g/mol. The third kappa shape index (κ3) is 2.85. The summed E-state index contributed by atoms with van der Waals surface area (Å²) in [6.45, 7) is 3.87. The first kappa shape index (κ1) is 14.3. The molecule has 1 aromatic heterocycles. The number of hydrogen-bond acceptors (Lipinski definition) is 3. The SMILES string of the molecule is Cc1nc(SC(c2ccccc2)C2CC2(Cl)Cl)oc1C. The van der Waals surface area contributed by atoms with Crippen LogP contribution in [-0.2, 0) is 0 Å². The molecule has 0 N–H and O–H groups in total. The molecule has 20 heavy (non-hydrogen) atoms. The van der Waals surface area contributed by atoms with Crippen LogP contribution in [0.15, 0.2) is 40.0 Å². The summed E-state index contributed by atoms with van der Waals surface area (Å²) in [6, 6.07) is 10.3. The molecule has 0 aliphatic heterocycles.